The van der Waals surface area contributed by atoms with Gasteiger partial charge in [-0.3, -0.25) is 4.79 Å². The van der Waals surface area contributed by atoms with Gasteiger partial charge in [0, 0.05) is 17.6 Å². The lowest BCUT2D eigenvalue weighted by atomic mass is 10.2. The fraction of sp³-hybridized carbons (Fsp3) is 0.167. The second-order valence-electron chi connectivity index (χ2n) is 5.60. The van der Waals surface area contributed by atoms with Gasteiger partial charge in [-0.1, -0.05) is 35.5 Å². The first-order valence-electron chi connectivity index (χ1n) is 7.93. The molecule has 0 spiro atoms. The summed E-state index contributed by atoms with van der Waals surface area (Å²) in [5, 5.41) is 21.8. The Labute approximate surface area is 165 Å². The molecule has 3 aromatic rings. The average molecular weight is 405 g/mol. The molecule has 0 radical (unpaired) electrons. The maximum absolute atomic E-state index is 12.2. The number of nitrogens with one attached hydrogen (secondary N) is 1. The summed E-state index contributed by atoms with van der Waals surface area (Å²) in [6.45, 7) is 0. The number of carbonyl (C=O) groups is 1. The molecule has 2 N–H and O–H groups in total. The fourth-order valence-electron chi connectivity index (χ4n) is 2.38. The van der Waals surface area contributed by atoms with Crippen molar-refractivity contribution in [1.29, 1.82) is 0 Å². The van der Waals surface area contributed by atoms with Crippen LogP contribution in [0.3, 0.4) is 0 Å². The van der Waals surface area contributed by atoms with Crippen LogP contribution in [0.5, 0.6) is 11.5 Å². The van der Waals surface area contributed by atoms with Crippen LogP contribution in [0.4, 0.5) is 5.69 Å². The number of carbonyl (C=O) groups excluding carboxylic acids is 1. The Morgan fingerprint density at radius 1 is 1.30 bits per heavy atom. The number of aromatic hydroxyl groups is 1. The van der Waals surface area contributed by atoms with Crippen LogP contribution < -0.4 is 10.1 Å². The van der Waals surface area contributed by atoms with E-state index in [4.69, 9.17) is 16.3 Å². The largest absolute Gasteiger partial charge is 0.506 e. The Morgan fingerprint density at radius 3 is 2.89 bits per heavy atom. The van der Waals surface area contributed by atoms with Gasteiger partial charge in [0.1, 0.15) is 11.5 Å². The Bertz CT molecular complexity index is 977. The standard InChI is InChI=1S/C18H17ClN4O3S/c1-23-17(11-4-3-5-13(8-11)26-2)21-22-18(23)27-10-16(25)20-14-9-12(19)6-7-15(14)24/h3-9,24H,10H2,1-2H3,(H,20,25). The number of benzene rings is 2. The maximum atomic E-state index is 12.2. The van der Waals surface area contributed by atoms with Crippen LogP contribution >= 0.6 is 23.4 Å². The van der Waals surface area contributed by atoms with Gasteiger partial charge in [-0.25, -0.2) is 0 Å². The molecular weight excluding hydrogens is 388 g/mol. The van der Waals surface area contributed by atoms with Crippen molar-refractivity contribution in [2.75, 3.05) is 18.2 Å². The Balaban J connectivity index is 1.67. The molecular formula is C18H17ClN4O3S. The zero-order valence-electron chi connectivity index (χ0n) is 14.6. The van der Waals surface area contributed by atoms with Gasteiger partial charge in [-0.05, 0) is 30.3 Å². The van der Waals surface area contributed by atoms with Crippen LogP contribution in [0.2, 0.25) is 5.02 Å². The highest BCUT2D eigenvalue weighted by Crippen LogP contribution is 2.28. The number of aromatic nitrogens is 3. The number of halogens is 1. The SMILES string of the molecule is COc1cccc(-c2nnc(SCC(=O)Nc3cc(Cl)ccc3O)n2C)c1. The highest BCUT2D eigenvalue weighted by molar-refractivity contribution is 7.99. The molecule has 3 rings (SSSR count). The van der Waals surface area contributed by atoms with E-state index in [1.807, 2.05) is 35.9 Å². The Kier molecular flexibility index (Phi) is 5.88. The molecule has 2 aromatic carbocycles. The van der Waals surface area contributed by atoms with Crippen LogP contribution in [0.15, 0.2) is 47.6 Å². The monoisotopic (exact) mass is 404 g/mol. The summed E-state index contributed by atoms with van der Waals surface area (Å²) < 4.78 is 7.04. The second-order valence-corrected chi connectivity index (χ2v) is 6.97. The number of nitrogens with zero attached hydrogens (tertiary/aromatic N) is 3. The van der Waals surface area contributed by atoms with Gasteiger partial charge >= 0.3 is 0 Å². The van der Waals surface area contributed by atoms with Gasteiger partial charge < -0.3 is 19.7 Å². The van der Waals surface area contributed by atoms with Gasteiger partial charge in [0.2, 0.25) is 5.91 Å². The van der Waals surface area contributed by atoms with Gasteiger partial charge in [0.05, 0.1) is 18.6 Å². The molecule has 0 bridgehead atoms. The summed E-state index contributed by atoms with van der Waals surface area (Å²) >= 11 is 7.12. The number of hydrogen-bond acceptors (Lipinski definition) is 6. The minimum atomic E-state index is -0.288. The van der Waals surface area contributed by atoms with Crippen LogP contribution in [-0.4, -0.2) is 38.6 Å². The summed E-state index contributed by atoms with van der Waals surface area (Å²) in [5.41, 5.74) is 1.13. The number of rotatable bonds is 6. The minimum absolute atomic E-state index is 0.0447. The predicted octanol–water partition coefficient (Wildman–Crippen LogP) is 3.58. The van der Waals surface area contributed by atoms with Crippen molar-refractivity contribution in [3.8, 4) is 22.9 Å². The first-order valence-corrected chi connectivity index (χ1v) is 9.29. The highest BCUT2D eigenvalue weighted by Gasteiger charge is 2.14. The lowest BCUT2D eigenvalue weighted by Crippen LogP contribution is -2.14. The number of ether oxygens (including phenoxy) is 1. The lowest BCUT2D eigenvalue weighted by molar-refractivity contribution is -0.113. The fourth-order valence-corrected chi connectivity index (χ4v) is 3.26. The first kappa shape index (κ1) is 19.1. The third-order valence-electron chi connectivity index (χ3n) is 3.73. The van der Waals surface area contributed by atoms with Gasteiger partial charge in [0.15, 0.2) is 11.0 Å². The zero-order chi connectivity index (χ0) is 19.4. The molecule has 0 aliphatic rings. The van der Waals surface area contributed by atoms with Crippen LogP contribution in [0.1, 0.15) is 0 Å². The summed E-state index contributed by atoms with van der Waals surface area (Å²) in [5.74, 6) is 1.17. The number of methoxy groups -OCH3 is 1. The predicted molar refractivity (Wildman–Crippen MR) is 105 cm³/mol. The number of amides is 1. The number of anilines is 1. The van der Waals surface area contributed by atoms with Gasteiger partial charge in [0.25, 0.3) is 0 Å². The molecule has 0 aliphatic carbocycles. The van der Waals surface area contributed by atoms with Crippen LogP contribution in [-0.2, 0) is 11.8 Å². The van der Waals surface area contributed by atoms with E-state index in [2.05, 4.69) is 15.5 Å². The molecule has 0 atom stereocenters. The van der Waals surface area contributed by atoms with Crippen molar-refractivity contribution >= 4 is 35.0 Å². The van der Waals surface area contributed by atoms with Gasteiger partial charge in [-0.2, -0.15) is 0 Å². The van der Waals surface area contributed by atoms with E-state index in [0.717, 1.165) is 11.3 Å². The van der Waals surface area contributed by atoms with E-state index in [1.54, 1.807) is 13.2 Å². The second kappa shape index (κ2) is 8.32. The molecule has 1 amide bonds. The number of phenolic OH excluding ortho intramolecular Hbond substituents is 1. The summed E-state index contributed by atoms with van der Waals surface area (Å²) in [7, 11) is 3.44. The molecule has 0 fully saturated rings. The number of thioether (sulfide) groups is 1. The number of phenols is 1. The normalized spacial score (nSPS) is 10.6. The molecule has 0 unspecified atom stereocenters. The van der Waals surface area contributed by atoms with Crippen molar-refractivity contribution in [1.82, 2.24) is 14.8 Å². The topological polar surface area (TPSA) is 89.3 Å². The highest BCUT2D eigenvalue weighted by atomic mass is 35.5. The molecule has 0 saturated heterocycles. The zero-order valence-corrected chi connectivity index (χ0v) is 16.2. The third-order valence-corrected chi connectivity index (χ3v) is 4.98. The maximum Gasteiger partial charge on any atom is 0.234 e. The Morgan fingerprint density at radius 2 is 2.11 bits per heavy atom. The molecule has 140 valence electrons. The quantitative estimate of drug-likeness (QED) is 0.482. The third kappa shape index (κ3) is 4.53. The van der Waals surface area contributed by atoms with Crippen LogP contribution in [0, 0.1) is 0 Å². The smallest absolute Gasteiger partial charge is 0.234 e. The van der Waals surface area contributed by atoms with E-state index in [-0.39, 0.29) is 23.1 Å². The molecule has 1 aromatic heterocycles. The van der Waals surface area contributed by atoms with E-state index in [1.165, 1.54) is 23.9 Å². The molecule has 0 aliphatic heterocycles. The summed E-state index contributed by atoms with van der Waals surface area (Å²) in [6, 6.07) is 12.0. The van der Waals surface area contributed by atoms with Crippen molar-refractivity contribution < 1.29 is 14.6 Å². The lowest BCUT2D eigenvalue weighted by Gasteiger charge is -2.08. The molecule has 0 saturated carbocycles. The van der Waals surface area contributed by atoms with Crippen molar-refractivity contribution in [2.45, 2.75) is 5.16 Å². The van der Waals surface area contributed by atoms with E-state index in [9.17, 15) is 9.90 Å². The molecule has 1 heterocycles. The van der Waals surface area contributed by atoms with Gasteiger partial charge in [-0.15, -0.1) is 10.2 Å². The van der Waals surface area contributed by atoms with Crippen molar-refractivity contribution in [2.24, 2.45) is 7.05 Å². The summed E-state index contributed by atoms with van der Waals surface area (Å²) in [6.07, 6.45) is 0. The summed E-state index contributed by atoms with van der Waals surface area (Å²) in [4.78, 5) is 12.2. The first-order chi connectivity index (χ1) is 13.0. The molecule has 7 nitrogen and oxygen atoms in total. The minimum Gasteiger partial charge on any atom is -0.506 e. The average Bonchev–Trinajstić information content (AvgIpc) is 3.03. The van der Waals surface area contributed by atoms with Crippen molar-refractivity contribution in [3.63, 3.8) is 0 Å². The molecule has 27 heavy (non-hydrogen) atoms. The van der Waals surface area contributed by atoms with Crippen molar-refractivity contribution in [3.05, 3.63) is 47.5 Å². The van der Waals surface area contributed by atoms with Crippen LogP contribution in [0.25, 0.3) is 11.4 Å². The Hall–Kier alpha value is -2.71. The van der Waals surface area contributed by atoms with E-state index >= 15 is 0 Å². The van der Waals surface area contributed by atoms with E-state index < -0.39 is 0 Å². The van der Waals surface area contributed by atoms with E-state index in [0.29, 0.717) is 16.0 Å². The number of hydrogen-bond donors (Lipinski definition) is 2. The molecule has 9 heteroatoms.